The van der Waals surface area contributed by atoms with Gasteiger partial charge in [0.1, 0.15) is 29.4 Å². The average Bonchev–Trinajstić information content (AvgIpc) is 2.72. The van der Waals surface area contributed by atoms with Crippen molar-refractivity contribution in [2.45, 2.75) is 6.61 Å². The van der Waals surface area contributed by atoms with Crippen molar-refractivity contribution in [2.75, 3.05) is 27.9 Å². The molecule has 10 heteroatoms. The Hall–Kier alpha value is -3.04. The molecule has 0 radical (unpaired) electrons. The molecule has 0 bridgehead atoms. The molecule has 0 saturated carbocycles. The molecule has 0 aliphatic rings. The lowest BCUT2D eigenvalue weighted by Gasteiger charge is -2.13. The predicted molar refractivity (Wildman–Crippen MR) is 106 cm³/mol. The van der Waals surface area contributed by atoms with Crippen LogP contribution in [-0.4, -0.2) is 44.6 Å². The van der Waals surface area contributed by atoms with E-state index in [0.717, 1.165) is 6.20 Å². The van der Waals surface area contributed by atoms with Gasteiger partial charge in [0.05, 0.1) is 33.3 Å². The predicted octanol–water partition coefficient (Wildman–Crippen LogP) is 3.74. The third kappa shape index (κ3) is 5.74. The highest BCUT2D eigenvalue weighted by molar-refractivity contribution is 6.32. The number of aromatic nitrogens is 1. The lowest BCUT2D eigenvalue weighted by Crippen LogP contribution is -2.14. The summed E-state index contributed by atoms with van der Waals surface area (Å²) in [6, 6.07) is 5.56. The van der Waals surface area contributed by atoms with Crippen LogP contribution in [0.5, 0.6) is 0 Å². The van der Waals surface area contributed by atoms with Crippen molar-refractivity contribution in [3.63, 3.8) is 0 Å². The second kappa shape index (κ2) is 11.2. The number of ether oxygens (including phenoxy) is 3. The van der Waals surface area contributed by atoms with Gasteiger partial charge in [-0.05, 0) is 6.07 Å². The third-order valence-corrected chi connectivity index (χ3v) is 4.15. The fourth-order valence-corrected chi connectivity index (χ4v) is 2.71. The lowest BCUT2D eigenvalue weighted by atomic mass is 10.0. The van der Waals surface area contributed by atoms with Crippen molar-refractivity contribution in [3.05, 3.63) is 70.2 Å². The molecule has 0 fully saturated rings. The highest BCUT2D eigenvalue weighted by Gasteiger charge is 2.20. The molecule has 0 spiro atoms. The number of carbonyl (C=O) groups is 1. The number of hydrogen-bond donors (Lipinski definition) is 0. The van der Waals surface area contributed by atoms with E-state index in [2.05, 4.69) is 10.1 Å². The van der Waals surface area contributed by atoms with Gasteiger partial charge in [-0.15, -0.1) is 0 Å². The molecular formula is C20H19ClF2N2O5. The molecule has 7 nitrogen and oxygen atoms in total. The maximum Gasteiger partial charge on any atom is 0.341 e. The SMILES string of the molecule is CO/C=C(/C(=O)OC)c1cccc(Cl)c1CO/N=C(\COC)c1ncc(F)cc1F. The Labute approximate surface area is 176 Å². The van der Waals surface area contributed by atoms with Crippen LogP contribution in [0.2, 0.25) is 5.02 Å². The largest absolute Gasteiger partial charge is 0.503 e. The molecule has 2 rings (SSSR count). The van der Waals surface area contributed by atoms with Crippen LogP contribution >= 0.6 is 11.6 Å². The maximum atomic E-state index is 14.0. The number of pyridine rings is 1. The quantitative estimate of drug-likeness (QED) is 0.194. The number of benzene rings is 1. The molecule has 0 N–H and O–H groups in total. The number of rotatable bonds is 9. The molecule has 0 atom stereocenters. The Morgan fingerprint density at radius 2 is 2.03 bits per heavy atom. The molecular weight excluding hydrogens is 422 g/mol. The first kappa shape index (κ1) is 23.2. The van der Waals surface area contributed by atoms with Crippen LogP contribution in [0.3, 0.4) is 0 Å². The van der Waals surface area contributed by atoms with Crippen LogP contribution < -0.4 is 0 Å². The Bertz CT molecular complexity index is 966. The van der Waals surface area contributed by atoms with Gasteiger partial charge in [0.2, 0.25) is 0 Å². The van der Waals surface area contributed by atoms with E-state index in [-0.39, 0.29) is 30.2 Å². The van der Waals surface area contributed by atoms with Crippen molar-refractivity contribution in [2.24, 2.45) is 5.16 Å². The molecule has 160 valence electrons. The minimum absolute atomic E-state index is 0.00392. The van der Waals surface area contributed by atoms with Gasteiger partial charge in [0, 0.05) is 29.3 Å². The summed E-state index contributed by atoms with van der Waals surface area (Å²) in [6.07, 6.45) is 2.08. The van der Waals surface area contributed by atoms with Gasteiger partial charge in [0.15, 0.2) is 5.82 Å². The van der Waals surface area contributed by atoms with Crippen LogP contribution in [-0.2, 0) is 30.4 Å². The Morgan fingerprint density at radius 1 is 1.27 bits per heavy atom. The standard InChI is InChI=1S/C20H19ClF2N2O5/c1-27-9-15(20(26)29-3)13-5-4-6-16(21)14(13)10-30-25-18(11-28-2)19-17(23)7-12(22)8-24-19/h4-9H,10-11H2,1-3H3/b15-9+,25-18+. The summed E-state index contributed by atoms with van der Waals surface area (Å²) >= 11 is 6.27. The van der Waals surface area contributed by atoms with E-state index in [0.29, 0.717) is 22.2 Å². The van der Waals surface area contributed by atoms with E-state index in [9.17, 15) is 13.6 Å². The Kier molecular flexibility index (Phi) is 8.70. The van der Waals surface area contributed by atoms with Crippen LogP contribution in [0.25, 0.3) is 5.57 Å². The van der Waals surface area contributed by atoms with Crippen molar-refractivity contribution >= 4 is 28.9 Å². The van der Waals surface area contributed by atoms with E-state index >= 15 is 0 Å². The molecule has 0 saturated heterocycles. The van der Waals surface area contributed by atoms with E-state index in [1.54, 1.807) is 18.2 Å². The molecule has 30 heavy (non-hydrogen) atoms. The number of nitrogens with zero attached hydrogens (tertiary/aromatic N) is 2. The van der Waals surface area contributed by atoms with Gasteiger partial charge < -0.3 is 19.0 Å². The number of esters is 1. The van der Waals surface area contributed by atoms with Crippen molar-refractivity contribution < 1.29 is 32.6 Å². The van der Waals surface area contributed by atoms with Gasteiger partial charge in [-0.3, -0.25) is 0 Å². The zero-order valence-electron chi connectivity index (χ0n) is 16.4. The second-order valence-corrected chi connectivity index (χ2v) is 6.16. The van der Waals surface area contributed by atoms with E-state index < -0.39 is 17.6 Å². The molecule has 0 aliphatic carbocycles. The third-order valence-electron chi connectivity index (χ3n) is 3.80. The van der Waals surface area contributed by atoms with Gasteiger partial charge in [-0.2, -0.15) is 0 Å². The average molecular weight is 441 g/mol. The first-order valence-electron chi connectivity index (χ1n) is 8.51. The number of hydrogen-bond acceptors (Lipinski definition) is 7. The van der Waals surface area contributed by atoms with Crippen molar-refractivity contribution in [1.82, 2.24) is 4.98 Å². The van der Waals surface area contributed by atoms with E-state index in [1.165, 1.54) is 27.6 Å². The van der Waals surface area contributed by atoms with Gasteiger partial charge in [-0.1, -0.05) is 28.9 Å². The normalized spacial score (nSPS) is 11.9. The topological polar surface area (TPSA) is 79.2 Å². The lowest BCUT2D eigenvalue weighted by molar-refractivity contribution is -0.133. The first-order chi connectivity index (χ1) is 14.4. The van der Waals surface area contributed by atoms with Crippen LogP contribution in [0.15, 0.2) is 41.9 Å². The molecule has 2 aromatic rings. The van der Waals surface area contributed by atoms with E-state index in [4.69, 9.17) is 30.6 Å². The molecule has 1 aromatic heterocycles. The summed E-state index contributed by atoms with van der Waals surface area (Å²) in [4.78, 5) is 21.1. The zero-order valence-corrected chi connectivity index (χ0v) is 17.2. The Balaban J connectivity index is 2.35. The summed E-state index contributed by atoms with van der Waals surface area (Å²) in [6.45, 7) is -0.314. The van der Waals surface area contributed by atoms with Gasteiger partial charge in [-0.25, -0.2) is 18.6 Å². The number of methoxy groups -OCH3 is 3. The summed E-state index contributed by atoms with van der Waals surface area (Å²) in [5.74, 6) is -2.37. The molecule has 0 unspecified atom stereocenters. The summed E-state index contributed by atoms with van der Waals surface area (Å²) in [7, 11) is 3.99. The minimum Gasteiger partial charge on any atom is -0.503 e. The number of oxime groups is 1. The fraction of sp³-hybridized carbons (Fsp3) is 0.250. The van der Waals surface area contributed by atoms with Gasteiger partial charge >= 0.3 is 5.97 Å². The monoisotopic (exact) mass is 440 g/mol. The number of halogens is 3. The van der Waals surface area contributed by atoms with Crippen LogP contribution in [0.4, 0.5) is 8.78 Å². The molecule has 0 aliphatic heterocycles. The zero-order chi connectivity index (χ0) is 22.1. The van der Waals surface area contributed by atoms with Crippen molar-refractivity contribution in [3.8, 4) is 0 Å². The number of carbonyl (C=O) groups excluding carboxylic acids is 1. The van der Waals surface area contributed by atoms with Crippen LogP contribution in [0, 0.1) is 11.6 Å². The minimum atomic E-state index is -0.913. The molecule has 0 amide bonds. The smallest absolute Gasteiger partial charge is 0.341 e. The van der Waals surface area contributed by atoms with Gasteiger partial charge in [0.25, 0.3) is 0 Å². The highest BCUT2D eigenvalue weighted by atomic mass is 35.5. The summed E-state index contributed by atoms with van der Waals surface area (Å²) in [5.41, 5.74) is 0.733. The summed E-state index contributed by atoms with van der Waals surface area (Å²) < 4.78 is 41.9. The van der Waals surface area contributed by atoms with Crippen molar-refractivity contribution in [1.29, 1.82) is 0 Å². The maximum absolute atomic E-state index is 14.0. The van der Waals surface area contributed by atoms with Crippen LogP contribution in [0.1, 0.15) is 16.8 Å². The fourth-order valence-electron chi connectivity index (χ4n) is 2.48. The first-order valence-corrected chi connectivity index (χ1v) is 8.88. The highest BCUT2D eigenvalue weighted by Crippen LogP contribution is 2.28. The Morgan fingerprint density at radius 3 is 2.67 bits per heavy atom. The molecule has 1 aromatic carbocycles. The second-order valence-electron chi connectivity index (χ2n) is 5.75. The summed E-state index contributed by atoms with van der Waals surface area (Å²) in [5, 5.41) is 4.16. The van der Waals surface area contributed by atoms with E-state index in [1.807, 2.05) is 0 Å². The molecule has 1 heterocycles.